The number of nitriles is 1. The van der Waals surface area contributed by atoms with Crippen molar-refractivity contribution in [3.05, 3.63) is 94.0 Å². The second kappa shape index (κ2) is 9.14. The third-order valence-electron chi connectivity index (χ3n) is 5.41. The predicted molar refractivity (Wildman–Crippen MR) is 133 cm³/mol. The minimum Gasteiger partial charge on any atom is -0.347 e. The Labute approximate surface area is 204 Å². The van der Waals surface area contributed by atoms with E-state index in [-0.39, 0.29) is 11.8 Å². The zero-order chi connectivity index (χ0) is 23.7. The normalized spacial score (nSPS) is 12.1. The summed E-state index contributed by atoms with van der Waals surface area (Å²) in [5, 5.41) is 15.7. The van der Waals surface area contributed by atoms with Crippen LogP contribution in [0.15, 0.2) is 76.7 Å². The monoisotopic (exact) mass is 482 g/mol. The number of nitrogens with one attached hydrogen (secondary N) is 2. The molecule has 0 unspecified atom stereocenters. The van der Waals surface area contributed by atoms with Crippen LogP contribution in [0.1, 0.15) is 36.7 Å². The molecule has 0 bridgehead atoms. The van der Waals surface area contributed by atoms with Crippen LogP contribution in [0.5, 0.6) is 0 Å². The first-order chi connectivity index (χ1) is 16.5. The van der Waals surface area contributed by atoms with Gasteiger partial charge in [0.1, 0.15) is 5.01 Å². The lowest BCUT2D eigenvalue weighted by Crippen LogP contribution is -2.23. The molecule has 0 saturated heterocycles. The van der Waals surface area contributed by atoms with Gasteiger partial charge in [-0.05, 0) is 48.9 Å². The van der Waals surface area contributed by atoms with Crippen LogP contribution in [0, 0.1) is 18.3 Å². The van der Waals surface area contributed by atoms with Crippen molar-refractivity contribution < 1.29 is 9.59 Å². The van der Waals surface area contributed by atoms with E-state index in [0.29, 0.717) is 28.9 Å². The topological polar surface area (TPSA) is 94.9 Å². The number of aromatic nitrogens is 1. The number of hydrogen-bond acceptors (Lipinski definition) is 6. The SMILES string of the molecule is Cc1cc2c(cc1C(=O)NCc1cnc(-c3ccc(C#N)cc3)s1)NC(=O)c1ccccc1S2. The van der Waals surface area contributed by atoms with Crippen LogP contribution < -0.4 is 10.6 Å². The van der Waals surface area contributed by atoms with Crippen molar-refractivity contribution in [2.75, 3.05) is 5.32 Å². The van der Waals surface area contributed by atoms with Crippen LogP contribution >= 0.6 is 23.1 Å². The number of aryl methyl sites for hydroxylation is 1. The summed E-state index contributed by atoms with van der Waals surface area (Å²) in [5.74, 6) is -0.397. The number of carbonyl (C=O) groups is 2. The van der Waals surface area contributed by atoms with Crippen molar-refractivity contribution >= 4 is 40.6 Å². The van der Waals surface area contributed by atoms with Crippen molar-refractivity contribution in [3.63, 3.8) is 0 Å². The van der Waals surface area contributed by atoms with Crippen LogP contribution in [0.3, 0.4) is 0 Å². The van der Waals surface area contributed by atoms with E-state index in [0.717, 1.165) is 30.8 Å². The summed E-state index contributed by atoms with van der Waals surface area (Å²) in [4.78, 5) is 32.8. The van der Waals surface area contributed by atoms with Crippen molar-refractivity contribution in [1.29, 1.82) is 5.26 Å². The van der Waals surface area contributed by atoms with Gasteiger partial charge in [0.15, 0.2) is 0 Å². The molecule has 2 amide bonds. The van der Waals surface area contributed by atoms with E-state index >= 15 is 0 Å². The number of thiazole rings is 1. The van der Waals surface area contributed by atoms with Gasteiger partial charge in [0, 0.05) is 32.0 Å². The number of hydrogen-bond donors (Lipinski definition) is 2. The van der Waals surface area contributed by atoms with Crippen LogP contribution in [-0.2, 0) is 6.54 Å². The molecule has 166 valence electrons. The summed E-state index contributed by atoms with van der Waals surface area (Å²) < 4.78 is 0. The fraction of sp³-hybridized carbons (Fsp3) is 0.0769. The molecular formula is C26H18N4O2S2. The number of benzene rings is 3. The van der Waals surface area contributed by atoms with E-state index in [4.69, 9.17) is 5.26 Å². The molecule has 4 aromatic rings. The van der Waals surface area contributed by atoms with Crippen molar-refractivity contribution in [2.24, 2.45) is 0 Å². The maximum atomic E-state index is 13.0. The zero-order valence-corrected chi connectivity index (χ0v) is 19.7. The first-order valence-electron chi connectivity index (χ1n) is 10.5. The third-order valence-corrected chi connectivity index (χ3v) is 7.59. The average molecular weight is 483 g/mol. The van der Waals surface area contributed by atoms with Crippen molar-refractivity contribution in [2.45, 2.75) is 23.3 Å². The van der Waals surface area contributed by atoms with E-state index in [1.807, 2.05) is 43.3 Å². The number of nitrogens with zero attached hydrogens (tertiary/aromatic N) is 2. The quantitative estimate of drug-likeness (QED) is 0.393. The molecule has 1 aromatic heterocycles. The van der Waals surface area contributed by atoms with E-state index in [1.165, 1.54) is 23.1 Å². The molecule has 1 aliphatic heterocycles. The third kappa shape index (κ3) is 4.31. The second-order valence-electron chi connectivity index (χ2n) is 7.72. The summed E-state index contributed by atoms with van der Waals surface area (Å²) in [6.45, 7) is 2.24. The number of anilines is 1. The van der Waals surface area contributed by atoms with Crippen LogP contribution in [0.25, 0.3) is 10.6 Å². The number of amides is 2. The molecule has 6 nitrogen and oxygen atoms in total. The lowest BCUT2D eigenvalue weighted by atomic mass is 10.1. The largest absolute Gasteiger partial charge is 0.347 e. The lowest BCUT2D eigenvalue weighted by Gasteiger charge is -2.12. The van der Waals surface area contributed by atoms with Gasteiger partial charge in [-0.3, -0.25) is 9.59 Å². The van der Waals surface area contributed by atoms with Gasteiger partial charge in [0.2, 0.25) is 0 Å². The minimum absolute atomic E-state index is 0.183. The Morgan fingerprint density at radius 2 is 1.91 bits per heavy atom. The van der Waals surface area contributed by atoms with E-state index < -0.39 is 0 Å². The van der Waals surface area contributed by atoms with Gasteiger partial charge in [-0.2, -0.15) is 5.26 Å². The Morgan fingerprint density at radius 3 is 2.71 bits per heavy atom. The fourth-order valence-electron chi connectivity index (χ4n) is 3.63. The lowest BCUT2D eigenvalue weighted by molar-refractivity contribution is 0.0949. The van der Waals surface area contributed by atoms with Crippen LogP contribution in [0.2, 0.25) is 0 Å². The maximum absolute atomic E-state index is 13.0. The summed E-state index contributed by atoms with van der Waals surface area (Å²) >= 11 is 3.01. The summed E-state index contributed by atoms with van der Waals surface area (Å²) in [6, 6.07) is 20.5. The van der Waals surface area contributed by atoms with Crippen molar-refractivity contribution in [1.82, 2.24) is 10.3 Å². The molecule has 0 radical (unpaired) electrons. The van der Waals surface area contributed by atoms with Crippen molar-refractivity contribution in [3.8, 4) is 16.6 Å². The van der Waals surface area contributed by atoms with Gasteiger partial charge >= 0.3 is 0 Å². The molecule has 2 heterocycles. The zero-order valence-electron chi connectivity index (χ0n) is 18.1. The highest BCUT2D eigenvalue weighted by atomic mass is 32.2. The van der Waals surface area contributed by atoms with E-state index in [2.05, 4.69) is 21.7 Å². The van der Waals surface area contributed by atoms with E-state index in [1.54, 1.807) is 30.5 Å². The molecule has 34 heavy (non-hydrogen) atoms. The maximum Gasteiger partial charge on any atom is 0.256 e. The Balaban J connectivity index is 1.31. The Hall–Kier alpha value is -3.93. The number of carbonyl (C=O) groups excluding carboxylic acids is 2. The summed E-state index contributed by atoms with van der Waals surface area (Å²) in [6.07, 6.45) is 1.75. The smallest absolute Gasteiger partial charge is 0.256 e. The Bertz CT molecular complexity index is 1470. The van der Waals surface area contributed by atoms with Gasteiger partial charge in [-0.15, -0.1) is 11.3 Å². The Morgan fingerprint density at radius 1 is 1.12 bits per heavy atom. The summed E-state index contributed by atoms with van der Waals surface area (Å²) in [7, 11) is 0. The number of rotatable bonds is 4. The van der Waals surface area contributed by atoms with E-state index in [9.17, 15) is 9.59 Å². The highest BCUT2D eigenvalue weighted by molar-refractivity contribution is 7.99. The standard InChI is InChI=1S/C26H18N4O2S2/c1-15-10-23-21(30-25(32)19-4-2-3-5-22(19)34-23)11-20(15)24(31)28-13-18-14-29-26(33-18)17-8-6-16(12-27)7-9-17/h2-11,14H,13H2,1H3,(H,28,31)(H,30,32). The Kier molecular flexibility index (Phi) is 5.88. The molecule has 3 aromatic carbocycles. The molecule has 0 spiro atoms. The highest BCUT2D eigenvalue weighted by Crippen LogP contribution is 2.40. The fourth-order valence-corrected chi connectivity index (χ4v) is 5.60. The number of fused-ring (bicyclic) bond motifs is 2. The van der Waals surface area contributed by atoms with Gasteiger partial charge in [0.25, 0.3) is 11.8 Å². The minimum atomic E-state index is -0.213. The highest BCUT2D eigenvalue weighted by Gasteiger charge is 2.22. The molecular weight excluding hydrogens is 464 g/mol. The van der Waals surface area contributed by atoms with Gasteiger partial charge in [0.05, 0.1) is 29.4 Å². The predicted octanol–water partition coefficient (Wildman–Crippen LogP) is 5.64. The first-order valence-corrected chi connectivity index (χ1v) is 12.1. The molecule has 0 fully saturated rings. The second-order valence-corrected chi connectivity index (χ2v) is 9.92. The molecule has 0 aliphatic carbocycles. The van der Waals surface area contributed by atoms with Crippen LogP contribution in [0.4, 0.5) is 5.69 Å². The van der Waals surface area contributed by atoms with Gasteiger partial charge in [-0.25, -0.2) is 4.98 Å². The molecule has 5 rings (SSSR count). The average Bonchev–Trinajstić information content (AvgIpc) is 3.28. The summed E-state index contributed by atoms with van der Waals surface area (Å²) in [5.41, 5.74) is 4.13. The van der Waals surface area contributed by atoms with Crippen LogP contribution in [-0.4, -0.2) is 16.8 Å². The van der Waals surface area contributed by atoms with Gasteiger partial charge < -0.3 is 10.6 Å². The molecule has 8 heteroatoms. The van der Waals surface area contributed by atoms with Gasteiger partial charge in [-0.1, -0.05) is 36.0 Å². The molecule has 0 atom stereocenters. The molecule has 0 saturated carbocycles. The first kappa shape index (κ1) is 21.9. The molecule has 2 N–H and O–H groups in total. The molecule has 1 aliphatic rings.